The largest absolute Gasteiger partial charge is 0.332 e. The Kier molecular flexibility index (Phi) is 7.34. The van der Waals surface area contributed by atoms with Crippen LogP contribution in [0.15, 0.2) is 54.6 Å². The van der Waals surface area contributed by atoms with Crippen LogP contribution in [-0.4, -0.2) is 59.3 Å². The smallest absolute Gasteiger partial charge is 0.236 e. The number of rotatable bonds is 6. The maximum Gasteiger partial charge on any atom is 0.236 e. The zero-order chi connectivity index (χ0) is 20.8. The van der Waals surface area contributed by atoms with E-state index in [1.165, 1.54) is 11.8 Å². The van der Waals surface area contributed by atoms with Gasteiger partial charge in [0.15, 0.2) is 0 Å². The Labute approximate surface area is 177 Å². The van der Waals surface area contributed by atoms with E-state index in [4.69, 9.17) is 0 Å². The molecule has 0 spiro atoms. The number of aryl methyl sites for hydroxylation is 1. The van der Waals surface area contributed by atoms with Crippen molar-refractivity contribution < 1.29 is 9.59 Å². The summed E-state index contributed by atoms with van der Waals surface area (Å²) >= 11 is 1.39. The molecule has 154 valence electrons. The van der Waals surface area contributed by atoms with Gasteiger partial charge in [0.2, 0.25) is 11.8 Å². The minimum atomic E-state index is -0.270. The lowest BCUT2D eigenvalue weighted by Crippen LogP contribution is -2.51. The number of nitrogens with one attached hydrogen (secondary N) is 1. The summed E-state index contributed by atoms with van der Waals surface area (Å²) in [7, 11) is 2.09. The van der Waals surface area contributed by atoms with Gasteiger partial charge in [0.25, 0.3) is 0 Å². The molecule has 2 aromatic carbocycles. The molecular formula is C23H29N3O2S. The topological polar surface area (TPSA) is 52.7 Å². The monoisotopic (exact) mass is 411 g/mol. The van der Waals surface area contributed by atoms with Crippen LogP contribution in [0.2, 0.25) is 0 Å². The molecule has 1 N–H and O–H groups in total. The Hall–Kier alpha value is -2.31. The number of amides is 2. The van der Waals surface area contributed by atoms with Crippen molar-refractivity contribution in [1.29, 1.82) is 0 Å². The summed E-state index contributed by atoms with van der Waals surface area (Å²) < 4.78 is 0. The molecule has 29 heavy (non-hydrogen) atoms. The first-order valence-corrected chi connectivity index (χ1v) is 11.0. The van der Waals surface area contributed by atoms with Crippen molar-refractivity contribution in [1.82, 2.24) is 9.80 Å². The van der Waals surface area contributed by atoms with E-state index >= 15 is 0 Å². The van der Waals surface area contributed by atoms with Crippen LogP contribution in [-0.2, 0) is 9.59 Å². The molecule has 0 bridgehead atoms. The Balaban J connectivity index is 1.57. The quantitative estimate of drug-likeness (QED) is 0.790. The van der Waals surface area contributed by atoms with Gasteiger partial charge in [-0.15, -0.1) is 11.8 Å². The van der Waals surface area contributed by atoms with E-state index in [9.17, 15) is 9.59 Å². The molecule has 5 nitrogen and oxygen atoms in total. The lowest BCUT2D eigenvalue weighted by Gasteiger charge is -2.41. The van der Waals surface area contributed by atoms with Crippen LogP contribution in [0, 0.1) is 6.92 Å². The third kappa shape index (κ3) is 5.84. The number of carbonyl (C=O) groups is 2. The molecule has 0 aromatic heterocycles. The van der Waals surface area contributed by atoms with E-state index in [2.05, 4.69) is 29.4 Å². The third-order valence-corrected chi connectivity index (χ3v) is 6.33. The van der Waals surface area contributed by atoms with Gasteiger partial charge < -0.3 is 15.1 Å². The van der Waals surface area contributed by atoms with Crippen LogP contribution in [0.4, 0.5) is 5.69 Å². The number of anilines is 1. The second-order valence-corrected chi connectivity index (χ2v) is 8.92. The predicted molar refractivity (Wildman–Crippen MR) is 120 cm³/mol. The second kappa shape index (κ2) is 9.94. The fourth-order valence-electron chi connectivity index (χ4n) is 3.48. The summed E-state index contributed by atoms with van der Waals surface area (Å²) in [5, 5.41) is 2.62. The summed E-state index contributed by atoms with van der Waals surface area (Å²) in [5.74, 6) is 0.265. The van der Waals surface area contributed by atoms with E-state index < -0.39 is 0 Å². The van der Waals surface area contributed by atoms with Gasteiger partial charge in [0.05, 0.1) is 17.0 Å². The van der Waals surface area contributed by atoms with E-state index in [1.54, 1.807) is 0 Å². The van der Waals surface area contributed by atoms with Gasteiger partial charge in [0, 0.05) is 25.3 Å². The van der Waals surface area contributed by atoms with Gasteiger partial charge in [-0.05, 0) is 38.6 Å². The molecule has 0 aliphatic carbocycles. The van der Waals surface area contributed by atoms with Gasteiger partial charge in [0.1, 0.15) is 0 Å². The molecule has 2 amide bonds. The summed E-state index contributed by atoms with van der Waals surface area (Å²) in [5.41, 5.74) is 3.09. The molecule has 0 saturated carbocycles. The Bertz CT molecular complexity index is 826. The highest BCUT2D eigenvalue weighted by atomic mass is 32.2. The second-order valence-electron chi connectivity index (χ2n) is 7.59. The Morgan fingerprint density at radius 2 is 1.79 bits per heavy atom. The highest BCUT2D eigenvalue weighted by Crippen LogP contribution is 2.27. The van der Waals surface area contributed by atoms with Crippen LogP contribution in [0.3, 0.4) is 0 Å². The normalized spacial score (nSPS) is 18.3. The fourth-order valence-corrected chi connectivity index (χ4v) is 4.23. The molecule has 1 saturated heterocycles. The van der Waals surface area contributed by atoms with E-state index in [0.29, 0.717) is 6.54 Å². The minimum Gasteiger partial charge on any atom is -0.332 e. The number of thioether (sulfide) groups is 1. The maximum atomic E-state index is 13.2. The van der Waals surface area contributed by atoms with Crippen molar-refractivity contribution in [3.05, 3.63) is 65.7 Å². The summed E-state index contributed by atoms with van der Waals surface area (Å²) in [6, 6.07) is 17.9. The lowest BCUT2D eigenvalue weighted by atomic mass is 10.0. The highest BCUT2D eigenvalue weighted by molar-refractivity contribution is 8.01. The van der Waals surface area contributed by atoms with Gasteiger partial charge in [-0.3, -0.25) is 9.59 Å². The number of piperazine rings is 1. The van der Waals surface area contributed by atoms with Crippen molar-refractivity contribution in [2.45, 2.75) is 25.1 Å². The molecule has 1 aliphatic rings. The number of benzene rings is 2. The molecular weight excluding hydrogens is 382 g/mol. The number of nitrogens with zero attached hydrogens (tertiary/aromatic N) is 2. The molecule has 3 rings (SSSR count). The fraction of sp³-hybridized carbons (Fsp3) is 0.391. The van der Waals surface area contributed by atoms with Crippen LogP contribution >= 0.6 is 11.8 Å². The zero-order valence-corrected chi connectivity index (χ0v) is 18.1. The molecule has 1 aliphatic heterocycles. The minimum absolute atomic E-state index is 0.0480. The summed E-state index contributed by atoms with van der Waals surface area (Å²) in [6.07, 6.45) is 0. The molecule has 0 unspecified atom stereocenters. The first kappa shape index (κ1) is 21.4. The molecule has 1 fully saturated rings. The maximum absolute atomic E-state index is 13.2. The van der Waals surface area contributed by atoms with Gasteiger partial charge in [-0.1, -0.05) is 48.0 Å². The van der Waals surface area contributed by atoms with Crippen molar-refractivity contribution in [2.75, 3.05) is 37.8 Å². The van der Waals surface area contributed by atoms with Gasteiger partial charge in [-0.25, -0.2) is 0 Å². The number of hydrogen-bond acceptors (Lipinski definition) is 4. The first-order valence-electron chi connectivity index (χ1n) is 9.96. The van der Waals surface area contributed by atoms with E-state index in [-0.39, 0.29) is 28.9 Å². The first-order chi connectivity index (χ1) is 13.9. The average molecular weight is 412 g/mol. The number of carbonyl (C=O) groups excluding carboxylic acids is 2. The van der Waals surface area contributed by atoms with Crippen LogP contribution in [0.5, 0.6) is 0 Å². The predicted octanol–water partition coefficient (Wildman–Crippen LogP) is 3.57. The van der Waals surface area contributed by atoms with Crippen molar-refractivity contribution in [3.8, 4) is 0 Å². The highest BCUT2D eigenvalue weighted by Gasteiger charge is 2.32. The van der Waals surface area contributed by atoms with Gasteiger partial charge >= 0.3 is 0 Å². The molecule has 2 atom stereocenters. The molecule has 2 aromatic rings. The third-order valence-electron chi connectivity index (χ3n) is 5.20. The number of hydrogen-bond donors (Lipinski definition) is 1. The molecule has 1 heterocycles. The standard InChI is InChI=1S/C23H29N3O2S/c1-17-9-11-20(12-10-17)24-22(27)16-29-18(2)23(28)26-14-13-25(3)15-21(26)19-7-5-4-6-8-19/h4-12,18,21H,13-16H2,1-3H3,(H,24,27)/t18-,21+/m0/s1. The zero-order valence-electron chi connectivity index (χ0n) is 17.3. The van der Waals surface area contributed by atoms with Crippen molar-refractivity contribution >= 4 is 29.3 Å². The van der Waals surface area contributed by atoms with Crippen molar-refractivity contribution in [3.63, 3.8) is 0 Å². The molecule has 0 radical (unpaired) electrons. The SMILES string of the molecule is Cc1ccc(NC(=O)CS[C@@H](C)C(=O)N2CCN(C)C[C@@H]2c2ccccc2)cc1. The summed E-state index contributed by atoms with van der Waals surface area (Å²) in [4.78, 5) is 29.7. The molecule has 6 heteroatoms. The van der Waals surface area contributed by atoms with Crippen LogP contribution in [0.25, 0.3) is 0 Å². The van der Waals surface area contributed by atoms with Crippen LogP contribution < -0.4 is 5.32 Å². The average Bonchev–Trinajstić information content (AvgIpc) is 2.73. The van der Waals surface area contributed by atoms with Gasteiger partial charge in [-0.2, -0.15) is 0 Å². The van der Waals surface area contributed by atoms with E-state index in [0.717, 1.165) is 29.9 Å². The lowest BCUT2D eigenvalue weighted by molar-refractivity contribution is -0.135. The summed E-state index contributed by atoms with van der Waals surface area (Å²) in [6.45, 7) is 6.29. The van der Waals surface area contributed by atoms with E-state index in [1.807, 2.05) is 61.2 Å². The Morgan fingerprint density at radius 3 is 2.48 bits per heavy atom. The van der Waals surface area contributed by atoms with Crippen LogP contribution in [0.1, 0.15) is 24.1 Å². The Morgan fingerprint density at radius 1 is 1.10 bits per heavy atom. The van der Waals surface area contributed by atoms with Crippen molar-refractivity contribution in [2.24, 2.45) is 0 Å². The number of likely N-dealkylation sites (N-methyl/N-ethyl adjacent to an activating group) is 1.